The Morgan fingerprint density at radius 2 is 1.74 bits per heavy atom. The van der Waals surface area contributed by atoms with Gasteiger partial charge in [-0.2, -0.15) is 5.10 Å². The number of H-pyrrole nitrogens is 2. The van der Waals surface area contributed by atoms with E-state index in [1.807, 2.05) is 24.8 Å². The van der Waals surface area contributed by atoms with Crippen LogP contribution >= 0.6 is 0 Å². The van der Waals surface area contributed by atoms with E-state index in [2.05, 4.69) is 59.6 Å². The predicted molar refractivity (Wildman–Crippen MR) is 152 cm³/mol. The number of aromatic amines is 2. The molecular weight excluding hydrogens is 472 g/mol. The van der Waals surface area contributed by atoms with Crippen molar-refractivity contribution in [1.29, 1.82) is 0 Å². The summed E-state index contributed by atoms with van der Waals surface area (Å²) in [6, 6.07) is 8.66. The second-order valence-corrected chi connectivity index (χ2v) is 10.9. The maximum absolute atomic E-state index is 5.02. The first-order valence-corrected chi connectivity index (χ1v) is 14.0. The monoisotopic (exact) mass is 506 g/mol. The Kier molecular flexibility index (Phi) is 6.25. The van der Waals surface area contributed by atoms with E-state index >= 15 is 0 Å². The largest absolute Gasteiger partial charge is 0.368 e. The van der Waals surface area contributed by atoms with Gasteiger partial charge in [-0.1, -0.05) is 18.9 Å². The van der Waals surface area contributed by atoms with E-state index in [0.29, 0.717) is 0 Å². The van der Waals surface area contributed by atoms with Crippen molar-refractivity contribution >= 4 is 27.6 Å². The highest BCUT2D eigenvalue weighted by Gasteiger charge is 2.19. The molecule has 0 bridgehead atoms. The second kappa shape index (κ2) is 10.2. The van der Waals surface area contributed by atoms with Crippen molar-refractivity contribution in [3.8, 4) is 22.6 Å². The molecule has 0 radical (unpaired) electrons. The van der Waals surface area contributed by atoms with Gasteiger partial charge in [0.2, 0.25) is 0 Å². The third kappa shape index (κ3) is 4.53. The normalized spacial score (nSPS) is 16.7. The van der Waals surface area contributed by atoms with Gasteiger partial charge < -0.3 is 15.2 Å². The first-order valence-electron chi connectivity index (χ1n) is 14.0. The SMILES string of the molecule is c1ncc(-c2ccc3[nH]nc(-c4nc5c(N6CCCCC6)cncc5[nH]4)c3c2)cc1CNCC1CCCC1. The van der Waals surface area contributed by atoms with Gasteiger partial charge in [0, 0.05) is 43.0 Å². The molecule has 8 heteroatoms. The van der Waals surface area contributed by atoms with Crippen LogP contribution in [0.25, 0.3) is 44.6 Å². The summed E-state index contributed by atoms with van der Waals surface area (Å²) in [6.07, 6.45) is 16.9. The topological polar surface area (TPSA) is 98.4 Å². The summed E-state index contributed by atoms with van der Waals surface area (Å²) in [5.74, 6) is 1.59. The maximum Gasteiger partial charge on any atom is 0.159 e. The third-order valence-electron chi connectivity index (χ3n) is 8.22. The molecule has 1 saturated heterocycles. The molecule has 0 unspecified atom stereocenters. The molecule has 7 rings (SSSR count). The lowest BCUT2D eigenvalue weighted by Crippen LogP contribution is -2.29. The average molecular weight is 507 g/mol. The number of rotatable bonds is 7. The molecule has 38 heavy (non-hydrogen) atoms. The molecule has 8 nitrogen and oxygen atoms in total. The van der Waals surface area contributed by atoms with E-state index in [-0.39, 0.29) is 0 Å². The minimum absolute atomic E-state index is 0.762. The molecule has 1 saturated carbocycles. The van der Waals surface area contributed by atoms with Crippen LogP contribution in [0.4, 0.5) is 5.69 Å². The smallest absolute Gasteiger partial charge is 0.159 e. The van der Waals surface area contributed by atoms with Crippen molar-refractivity contribution in [2.24, 2.45) is 5.92 Å². The zero-order valence-corrected chi connectivity index (χ0v) is 21.7. The van der Waals surface area contributed by atoms with Crippen LogP contribution in [0.3, 0.4) is 0 Å². The Bertz CT molecular complexity index is 1560. The highest BCUT2D eigenvalue weighted by Crippen LogP contribution is 2.33. The minimum Gasteiger partial charge on any atom is -0.368 e. The molecule has 4 aromatic heterocycles. The number of nitrogens with one attached hydrogen (secondary N) is 3. The molecule has 0 atom stereocenters. The number of hydrogen-bond donors (Lipinski definition) is 3. The van der Waals surface area contributed by atoms with Crippen molar-refractivity contribution in [3.63, 3.8) is 0 Å². The summed E-state index contributed by atoms with van der Waals surface area (Å²) in [5, 5.41) is 12.5. The minimum atomic E-state index is 0.762. The quantitative estimate of drug-likeness (QED) is 0.257. The standard InChI is InChI=1S/C30H34N8/c1-4-10-38(11-5-1)27-19-33-18-26-29(27)35-30(34-26)28-24-13-22(8-9-25(24)36-37-28)23-12-21(16-32-17-23)15-31-14-20-6-2-3-7-20/h8-9,12-13,16-20,31H,1-7,10-11,14-15H2,(H,34,35)(H,36,37). The van der Waals surface area contributed by atoms with E-state index in [4.69, 9.17) is 4.98 Å². The van der Waals surface area contributed by atoms with Crippen molar-refractivity contribution in [2.45, 2.75) is 51.5 Å². The van der Waals surface area contributed by atoms with Crippen LogP contribution in [0, 0.1) is 5.92 Å². The highest BCUT2D eigenvalue weighted by atomic mass is 15.2. The molecule has 3 N–H and O–H groups in total. The van der Waals surface area contributed by atoms with Gasteiger partial charge in [-0.15, -0.1) is 0 Å². The molecule has 5 aromatic rings. The van der Waals surface area contributed by atoms with Gasteiger partial charge in [0.25, 0.3) is 0 Å². The first-order chi connectivity index (χ1) is 18.8. The Hall–Kier alpha value is -3.78. The maximum atomic E-state index is 5.02. The number of piperidine rings is 1. The summed E-state index contributed by atoms with van der Waals surface area (Å²) in [5.41, 5.74) is 8.27. The summed E-state index contributed by atoms with van der Waals surface area (Å²) < 4.78 is 0. The number of fused-ring (bicyclic) bond motifs is 2. The Labute approximate surface area is 222 Å². The fourth-order valence-electron chi connectivity index (χ4n) is 6.15. The van der Waals surface area contributed by atoms with Crippen LogP contribution in [0.15, 0.2) is 49.1 Å². The summed E-state index contributed by atoms with van der Waals surface area (Å²) >= 11 is 0. The fraction of sp³-hybridized carbons (Fsp3) is 0.400. The number of pyridine rings is 2. The molecule has 1 aromatic carbocycles. The molecule has 0 amide bonds. The number of aromatic nitrogens is 6. The lowest BCUT2D eigenvalue weighted by molar-refractivity contribution is 0.489. The van der Waals surface area contributed by atoms with E-state index in [1.165, 1.54) is 50.5 Å². The number of hydrogen-bond acceptors (Lipinski definition) is 6. The van der Waals surface area contributed by atoms with Gasteiger partial charge in [0.1, 0.15) is 11.2 Å². The zero-order chi connectivity index (χ0) is 25.3. The van der Waals surface area contributed by atoms with E-state index in [0.717, 1.165) is 82.4 Å². The van der Waals surface area contributed by atoms with Crippen molar-refractivity contribution in [2.75, 3.05) is 24.5 Å². The van der Waals surface area contributed by atoms with Gasteiger partial charge in [0.05, 0.1) is 29.1 Å². The molecule has 1 aliphatic heterocycles. The fourth-order valence-corrected chi connectivity index (χ4v) is 6.15. The third-order valence-corrected chi connectivity index (χ3v) is 8.22. The van der Waals surface area contributed by atoms with Crippen molar-refractivity contribution < 1.29 is 0 Å². The van der Waals surface area contributed by atoms with E-state index in [1.54, 1.807) is 0 Å². The van der Waals surface area contributed by atoms with Crippen molar-refractivity contribution in [3.05, 3.63) is 54.6 Å². The molecule has 2 aliphatic rings. The predicted octanol–water partition coefficient (Wildman–Crippen LogP) is 5.83. The van der Waals surface area contributed by atoms with Crippen LogP contribution in [-0.2, 0) is 6.54 Å². The summed E-state index contributed by atoms with van der Waals surface area (Å²) in [6.45, 7) is 4.06. The zero-order valence-electron chi connectivity index (χ0n) is 21.7. The first kappa shape index (κ1) is 23.3. The number of imidazole rings is 1. The summed E-state index contributed by atoms with van der Waals surface area (Å²) in [4.78, 5) is 20.0. The Morgan fingerprint density at radius 1 is 0.868 bits per heavy atom. The molecule has 5 heterocycles. The average Bonchev–Trinajstić information content (AvgIpc) is 3.73. The van der Waals surface area contributed by atoms with E-state index < -0.39 is 0 Å². The lowest BCUT2D eigenvalue weighted by atomic mass is 10.0. The van der Waals surface area contributed by atoms with Gasteiger partial charge >= 0.3 is 0 Å². The van der Waals surface area contributed by atoms with Gasteiger partial charge in [-0.3, -0.25) is 15.1 Å². The van der Waals surface area contributed by atoms with Gasteiger partial charge in [0.15, 0.2) is 5.82 Å². The highest BCUT2D eigenvalue weighted by molar-refractivity contribution is 5.97. The van der Waals surface area contributed by atoms with Crippen LogP contribution in [-0.4, -0.2) is 49.8 Å². The van der Waals surface area contributed by atoms with E-state index in [9.17, 15) is 0 Å². The summed E-state index contributed by atoms with van der Waals surface area (Å²) in [7, 11) is 0. The molecule has 194 valence electrons. The second-order valence-electron chi connectivity index (χ2n) is 10.9. The van der Waals surface area contributed by atoms with Crippen LogP contribution in [0.2, 0.25) is 0 Å². The Balaban J connectivity index is 1.18. The van der Waals surface area contributed by atoms with Crippen LogP contribution in [0.1, 0.15) is 50.5 Å². The Morgan fingerprint density at radius 3 is 2.63 bits per heavy atom. The number of nitrogens with zero attached hydrogens (tertiary/aromatic N) is 5. The number of benzene rings is 1. The number of anilines is 1. The van der Waals surface area contributed by atoms with Crippen LogP contribution in [0.5, 0.6) is 0 Å². The van der Waals surface area contributed by atoms with Gasteiger partial charge in [-0.05, 0) is 73.9 Å². The van der Waals surface area contributed by atoms with Gasteiger partial charge in [-0.25, -0.2) is 4.98 Å². The molecular formula is C30H34N8. The van der Waals surface area contributed by atoms with Crippen molar-refractivity contribution in [1.82, 2.24) is 35.5 Å². The van der Waals surface area contributed by atoms with Crippen LogP contribution < -0.4 is 10.2 Å². The molecule has 2 fully saturated rings. The lowest BCUT2D eigenvalue weighted by Gasteiger charge is -2.28. The molecule has 1 aliphatic carbocycles. The molecule has 0 spiro atoms.